The van der Waals surface area contributed by atoms with Crippen LogP contribution in [0.25, 0.3) is 65.4 Å². The van der Waals surface area contributed by atoms with Gasteiger partial charge in [0, 0.05) is 17.3 Å². The molecule has 52 heavy (non-hydrogen) atoms. The first-order valence-electron chi connectivity index (χ1n) is 18.0. The minimum Gasteiger partial charge on any atom is -0.451 e. The minimum absolute atomic E-state index is 0.0795. The van der Waals surface area contributed by atoms with Crippen LogP contribution in [0.4, 0.5) is 5.69 Å². The van der Waals surface area contributed by atoms with Crippen LogP contribution < -0.4 is 10.1 Å². The molecule has 6 nitrogen and oxygen atoms in total. The van der Waals surface area contributed by atoms with Crippen molar-refractivity contribution in [3.8, 4) is 23.6 Å². The maximum atomic E-state index is 10.8. The van der Waals surface area contributed by atoms with Crippen LogP contribution in [0.5, 0.6) is 11.5 Å². The van der Waals surface area contributed by atoms with Crippen molar-refractivity contribution in [2.24, 2.45) is 5.92 Å². The van der Waals surface area contributed by atoms with Crippen LogP contribution in [-0.4, -0.2) is 6.54 Å². The van der Waals surface area contributed by atoms with E-state index in [2.05, 4.69) is 61.6 Å². The number of nitrogens with one attached hydrogen (secondary N) is 1. The quantitative estimate of drug-likeness (QED) is 0.163. The van der Waals surface area contributed by atoms with Crippen LogP contribution in [0.2, 0.25) is 0 Å². The van der Waals surface area contributed by atoms with Gasteiger partial charge in [0.05, 0.1) is 0 Å². The highest BCUT2D eigenvalue weighted by atomic mass is 16.5. The van der Waals surface area contributed by atoms with Crippen molar-refractivity contribution < 1.29 is 13.6 Å². The summed E-state index contributed by atoms with van der Waals surface area (Å²) in [6.07, 6.45) is 4.22. The number of benzene rings is 7. The molecule has 1 N–H and O–H groups in total. The zero-order valence-electron chi connectivity index (χ0n) is 29.2. The molecule has 0 aliphatic rings. The highest BCUT2D eigenvalue weighted by Gasteiger charge is 2.26. The van der Waals surface area contributed by atoms with Crippen LogP contribution >= 0.6 is 0 Å². The van der Waals surface area contributed by atoms with Crippen molar-refractivity contribution in [2.75, 3.05) is 11.9 Å². The van der Waals surface area contributed by atoms with Crippen LogP contribution in [0.1, 0.15) is 50.7 Å². The zero-order valence-corrected chi connectivity index (χ0v) is 29.2. The van der Waals surface area contributed by atoms with Gasteiger partial charge in [0.2, 0.25) is 5.58 Å². The van der Waals surface area contributed by atoms with E-state index < -0.39 is 0 Å². The molecule has 0 aliphatic carbocycles. The average molecular weight is 680 g/mol. The molecule has 6 heteroatoms. The van der Waals surface area contributed by atoms with Gasteiger partial charge < -0.3 is 18.9 Å². The van der Waals surface area contributed by atoms with Gasteiger partial charge in [0.25, 0.3) is 0 Å². The number of nitriles is 2. The van der Waals surface area contributed by atoms with Gasteiger partial charge in [0.1, 0.15) is 45.9 Å². The lowest BCUT2D eigenvalue weighted by Gasteiger charge is -2.21. The topological polar surface area (TPSA) is 95.1 Å². The Morgan fingerprint density at radius 2 is 1.23 bits per heavy atom. The Hall–Kier alpha value is -6.50. The lowest BCUT2D eigenvalue weighted by atomic mass is 9.98. The van der Waals surface area contributed by atoms with Crippen molar-refractivity contribution >= 4 is 71.1 Å². The molecule has 0 fully saturated rings. The van der Waals surface area contributed by atoms with E-state index in [-0.39, 0.29) is 28.0 Å². The predicted molar refractivity (Wildman–Crippen MR) is 211 cm³/mol. The molecule has 7 aromatic carbocycles. The number of fused-ring (bicyclic) bond motifs is 9. The number of anilines is 1. The molecule has 1 unspecified atom stereocenters. The second-order valence-corrected chi connectivity index (χ2v) is 13.3. The molecule has 0 amide bonds. The predicted octanol–water partition coefficient (Wildman–Crippen LogP) is 13.1. The van der Waals surface area contributed by atoms with Gasteiger partial charge in [-0.1, -0.05) is 124 Å². The van der Waals surface area contributed by atoms with E-state index in [1.54, 1.807) is 0 Å². The van der Waals surface area contributed by atoms with E-state index >= 15 is 0 Å². The first-order valence-corrected chi connectivity index (χ1v) is 18.0. The van der Waals surface area contributed by atoms with Gasteiger partial charge in [-0.25, -0.2) is 0 Å². The Balaban J connectivity index is 1.53. The summed E-state index contributed by atoms with van der Waals surface area (Å²) in [5.41, 5.74) is 2.12. The van der Waals surface area contributed by atoms with E-state index in [1.165, 1.54) is 0 Å². The summed E-state index contributed by atoms with van der Waals surface area (Å²) in [4.78, 5) is 0. The summed E-state index contributed by atoms with van der Waals surface area (Å²) in [7, 11) is 0. The van der Waals surface area contributed by atoms with Crippen molar-refractivity contribution in [3.05, 3.63) is 126 Å². The van der Waals surface area contributed by atoms with Crippen molar-refractivity contribution in [1.29, 1.82) is 10.5 Å². The van der Waals surface area contributed by atoms with E-state index in [0.29, 0.717) is 35.1 Å². The van der Waals surface area contributed by atoms with Gasteiger partial charge in [-0.05, 0) is 68.9 Å². The number of hydrogen-bond donors (Lipinski definition) is 1. The molecule has 0 saturated heterocycles. The summed E-state index contributed by atoms with van der Waals surface area (Å²) in [5.74, 6) is 1.21. The summed E-state index contributed by atoms with van der Waals surface area (Å²) >= 11 is 0. The maximum absolute atomic E-state index is 10.8. The first kappa shape index (κ1) is 32.7. The molecule has 0 radical (unpaired) electrons. The molecule has 0 aliphatic heterocycles. The monoisotopic (exact) mass is 679 g/mol. The van der Waals surface area contributed by atoms with Crippen LogP contribution in [0.15, 0.2) is 124 Å². The Bertz CT molecular complexity index is 2800. The Morgan fingerprint density at radius 3 is 1.85 bits per heavy atom. The van der Waals surface area contributed by atoms with Crippen LogP contribution in [0.3, 0.4) is 0 Å². The molecule has 0 spiro atoms. The highest BCUT2D eigenvalue weighted by Crippen LogP contribution is 2.45. The molecule has 8 rings (SSSR count). The second-order valence-electron chi connectivity index (χ2n) is 13.3. The van der Waals surface area contributed by atoms with Crippen LogP contribution in [-0.2, 0) is 0 Å². The fourth-order valence-electron chi connectivity index (χ4n) is 7.30. The molecular weight excluding hydrogens is 643 g/mol. The zero-order chi connectivity index (χ0) is 35.6. The summed E-state index contributed by atoms with van der Waals surface area (Å²) in [6.45, 7) is 4.97. The van der Waals surface area contributed by atoms with Crippen molar-refractivity contribution in [1.82, 2.24) is 0 Å². The number of nitrogens with zero attached hydrogens (tertiary/aromatic N) is 2. The highest BCUT2D eigenvalue weighted by molar-refractivity contribution is 6.25. The average Bonchev–Trinajstić information content (AvgIpc) is 3.18. The number of ether oxygens (including phenoxy) is 1. The fraction of sp³-hybridized carbons (Fsp3) is 0.174. The Labute approximate surface area is 301 Å². The van der Waals surface area contributed by atoms with Gasteiger partial charge in [0.15, 0.2) is 11.3 Å². The van der Waals surface area contributed by atoms with Crippen molar-refractivity contribution in [3.63, 3.8) is 0 Å². The number of rotatable bonds is 9. The molecule has 1 heterocycles. The molecule has 254 valence electrons. The smallest absolute Gasteiger partial charge is 0.216 e. The van der Waals surface area contributed by atoms with E-state index in [0.717, 1.165) is 68.8 Å². The second kappa shape index (κ2) is 14.0. The summed E-state index contributed by atoms with van der Waals surface area (Å²) < 4.78 is 20.7. The molecule has 8 aromatic rings. The van der Waals surface area contributed by atoms with Gasteiger partial charge in [-0.2, -0.15) is 10.5 Å². The van der Waals surface area contributed by atoms with Gasteiger partial charge in [-0.3, -0.25) is 0 Å². The molecule has 0 bridgehead atoms. The number of hydrogen-bond acceptors (Lipinski definition) is 6. The summed E-state index contributed by atoms with van der Waals surface area (Å²) in [5, 5.41) is 33.0. The fourth-order valence-corrected chi connectivity index (χ4v) is 7.30. The largest absolute Gasteiger partial charge is 0.451 e. The lowest BCUT2D eigenvalue weighted by Crippen LogP contribution is -2.15. The first-order chi connectivity index (χ1) is 25.6. The third-order valence-corrected chi connectivity index (χ3v) is 10.1. The molecule has 0 saturated carbocycles. The molecule has 1 aromatic heterocycles. The normalized spacial score (nSPS) is 11.9. The maximum Gasteiger partial charge on any atom is 0.216 e. The van der Waals surface area contributed by atoms with Gasteiger partial charge >= 0.3 is 0 Å². The Kier molecular flexibility index (Phi) is 8.81. The van der Waals surface area contributed by atoms with Crippen molar-refractivity contribution in [2.45, 2.75) is 39.5 Å². The minimum atomic E-state index is 0.0795. The van der Waals surface area contributed by atoms with E-state index in [4.69, 9.17) is 13.6 Å². The molecular formula is C46H37N3O3. The third kappa shape index (κ3) is 5.79. The third-order valence-electron chi connectivity index (χ3n) is 10.1. The summed E-state index contributed by atoms with van der Waals surface area (Å²) in [6, 6.07) is 42.9. The van der Waals surface area contributed by atoms with Gasteiger partial charge in [-0.15, -0.1) is 0 Å². The van der Waals surface area contributed by atoms with E-state index in [1.807, 2.05) is 84.9 Å². The molecule has 1 atom stereocenters. The SMILES string of the molecule is CCCCC(CC)CNc1c(C#N)c(C#N)c2oc3ccc4ccccc4c3c3c(ccc4ccccc43)oc2c1Oc1ccc2ccccc2c1. The van der Waals surface area contributed by atoms with E-state index in [9.17, 15) is 10.5 Å². The lowest BCUT2D eigenvalue weighted by molar-refractivity contribution is 0.463. The standard InChI is InChI=1S/C46H37N3O3/c1-3-5-12-29(4-2)28-49-43-37(26-47)38(27-48)44-46(45(43)50-34-22-19-30-13-6-7-16-33(30)25-34)52-40-24-21-32-15-9-11-18-36(32)42(40)41-35-17-10-8-14-31(35)20-23-39(41)51-44/h6-11,13-25,29,49H,3-5,12,28H2,1-2H3. The number of unbranched alkanes of at least 4 members (excludes halogenated alkanes) is 1. The Morgan fingerprint density at radius 1 is 0.654 bits per heavy atom. The van der Waals surface area contributed by atoms with Crippen LogP contribution in [0, 0.1) is 28.6 Å².